The van der Waals surface area contributed by atoms with Crippen LogP contribution in [0.25, 0.3) is 77.2 Å². The Balaban J connectivity index is 1.37. The highest BCUT2D eigenvalue weighted by Crippen LogP contribution is 2.40. The van der Waals surface area contributed by atoms with Crippen molar-refractivity contribution in [2.75, 3.05) is 0 Å². The van der Waals surface area contributed by atoms with Crippen molar-refractivity contribution in [1.82, 2.24) is 9.13 Å². The van der Waals surface area contributed by atoms with Gasteiger partial charge in [-0.2, -0.15) is 21.0 Å². The monoisotopic (exact) mass is 660 g/mol. The summed E-state index contributed by atoms with van der Waals surface area (Å²) in [7, 11) is 0. The summed E-state index contributed by atoms with van der Waals surface area (Å²) in [6.45, 7) is 0. The summed E-state index contributed by atoms with van der Waals surface area (Å²) in [5.41, 5.74) is 10.4. The van der Waals surface area contributed by atoms with Crippen molar-refractivity contribution < 1.29 is 0 Å². The minimum Gasteiger partial charge on any atom is -0.309 e. The molecule has 0 bridgehead atoms. The molecule has 0 aliphatic carbocycles. The van der Waals surface area contributed by atoms with Crippen LogP contribution in [0.1, 0.15) is 22.3 Å². The van der Waals surface area contributed by atoms with Gasteiger partial charge in [-0.05, 0) is 95.6 Å². The maximum atomic E-state index is 10.6. The molecule has 9 aromatic rings. The van der Waals surface area contributed by atoms with E-state index in [-0.39, 0.29) is 0 Å². The molecule has 0 aliphatic rings. The highest BCUT2D eigenvalue weighted by Gasteiger charge is 2.21. The molecule has 0 atom stereocenters. The zero-order valence-electron chi connectivity index (χ0n) is 27.5. The largest absolute Gasteiger partial charge is 0.309 e. The van der Waals surface area contributed by atoms with Crippen LogP contribution in [0.4, 0.5) is 0 Å². The minimum atomic E-state index is 0.328. The quantitative estimate of drug-likeness (QED) is 0.187. The highest BCUT2D eigenvalue weighted by atomic mass is 15.0. The summed E-state index contributed by atoms with van der Waals surface area (Å²) in [6.07, 6.45) is 0. The van der Waals surface area contributed by atoms with Gasteiger partial charge in [0.25, 0.3) is 0 Å². The molecule has 2 heterocycles. The molecule has 0 spiro atoms. The Morgan fingerprint density at radius 2 is 0.904 bits per heavy atom. The number of rotatable bonds is 4. The molecule has 0 radical (unpaired) electrons. The highest BCUT2D eigenvalue weighted by molar-refractivity contribution is 6.11. The third-order valence-electron chi connectivity index (χ3n) is 9.82. The van der Waals surface area contributed by atoms with E-state index in [0.29, 0.717) is 33.5 Å². The smallest absolute Gasteiger partial charge is 0.101 e. The number of aromatic nitrogens is 2. The molecule has 0 amide bonds. The molecule has 9 rings (SSSR count). The van der Waals surface area contributed by atoms with Gasteiger partial charge >= 0.3 is 0 Å². The average molecular weight is 661 g/mol. The van der Waals surface area contributed by atoms with Gasteiger partial charge in [-0.25, -0.2) is 0 Å². The molecule has 6 heteroatoms. The molecule has 0 N–H and O–H groups in total. The lowest BCUT2D eigenvalue weighted by molar-refractivity contribution is 1.16. The first-order valence-electron chi connectivity index (χ1n) is 16.7. The summed E-state index contributed by atoms with van der Waals surface area (Å²) < 4.78 is 4.26. The topological polar surface area (TPSA) is 105 Å². The van der Waals surface area contributed by atoms with Crippen LogP contribution >= 0.6 is 0 Å². The van der Waals surface area contributed by atoms with Crippen molar-refractivity contribution in [1.29, 1.82) is 21.0 Å². The molecular formula is C46H24N6. The van der Waals surface area contributed by atoms with Crippen LogP contribution in [-0.2, 0) is 0 Å². The van der Waals surface area contributed by atoms with E-state index in [1.54, 1.807) is 18.2 Å². The fourth-order valence-corrected chi connectivity index (χ4v) is 7.51. The molecule has 0 saturated heterocycles. The average Bonchev–Trinajstić information content (AvgIpc) is 3.72. The summed E-state index contributed by atoms with van der Waals surface area (Å²) in [5, 5.41) is 44.4. The number of nitriles is 4. The summed E-state index contributed by atoms with van der Waals surface area (Å²) >= 11 is 0. The Kier molecular flexibility index (Phi) is 6.91. The van der Waals surface area contributed by atoms with E-state index < -0.39 is 0 Å². The van der Waals surface area contributed by atoms with Gasteiger partial charge in [0.05, 0.1) is 68.2 Å². The molecular weight excluding hydrogens is 637 g/mol. The number of para-hydroxylation sites is 2. The van der Waals surface area contributed by atoms with Crippen molar-refractivity contribution in [2.24, 2.45) is 0 Å². The van der Waals surface area contributed by atoms with Gasteiger partial charge < -0.3 is 9.13 Å². The van der Waals surface area contributed by atoms with E-state index in [4.69, 9.17) is 0 Å². The number of benzene rings is 7. The van der Waals surface area contributed by atoms with Crippen LogP contribution in [0.15, 0.2) is 146 Å². The van der Waals surface area contributed by atoms with Gasteiger partial charge in [-0.3, -0.25) is 0 Å². The van der Waals surface area contributed by atoms with Crippen LogP contribution in [0.3, 0.4) is 0 Å². The summed E-state index contributed by atoms with van der Waals surface area (Å²) in [4.78, 5) is 0. The Hall–Kier alpha value is -7.90. The zero-order valence-corrected chi connectivity index (χ0v) is 27.5. The van der Waals surface area contributed by atoms with E-state index in [0.717, 1.165) is 66.0 Å². The Labute approximate surface area is 298 Å². The molecule has 0 aliphatic heterocycles. The van der Waals surface area contributed by atoms with E-state index >= 15 is 0 Å². The first-order chi connectivity index (χ1) is 25.6. The lowest BCUT2D eigenvalue weighted by Crippen LogP contribution is -2.01. The molecule has 52 heavy (non-hydrogen) atoms. The normalized spacial score (nSPS) is 11.0. The lowest BCUT2D eigenvalue weighted by atomic mass is 9.93. The number of hydrogen-bond donors (Lipinski definition) is 0. The van der Waals surface area contributed by atoms with Crippen molar-refractivity contribution in [3.63, 3.8) is 0 Å². The van der Waals surface area contributed by atoms with Crippen molar-refractivity contribution in [3.8, 4) is 57.9 Å². The third-order valence-corrected chi connectivity index (χ3v) is 9.82. The number of nitrogens with zero attached hydrogens (tertiary/aromatic N) is 6. The van der Waals surface area contributed by atoms with Crippen molar-refractivity contribution >= 4 is 43.6 Å². The second-order valence-electron chi connectivity index (χ2n) is 12.7. The van der Waals surface area contributed by atoms with Crippen LogP contribution in [-0.4, -0.2) is 9.13 Å². The van der Waals surface area contributed by atoms with Crippen molar-refractivity contribution in [2.45, 2.75) is 0 Å². The fraction of sp³-hybridized carbons (Fsp3) is 0. The first kappa shape index (κ1) is 30.2. The second-order valence-corrected chi connectivity index (χ2v) is 12.7. The van der Waals surface area contributed by atoms with Crippen LogP contribution < -0.4 is 0 Å². The summed E-state index contributed by atoms with van der Waals surface area (Å²) in [5.74, 6) is 0. The predicted octanol–water partition coefficient (Wildman–Crippen LogP) is 10.7. The van der Waals surface area contributed by atoms with E-state index in [1.165, 1.54) is 0 Å². The molecule has 2 aromatic heterocycles. The second kappa shape index (κ2) is 11.9. The van der Waals surface area contributed by atoms with E-state index in [9.17, 15) is 21.0 Å². The predicted molar refractivity (Wildman–Crippen MR) is 205 cm³/mol. The third kappa shape index (κ3) is 4.62. The number of hydrogen-bond acceptors (Lipinski definition) is 4. The molecule has 7 aromatic carbocycles. The van der Waals surface area contributed by atoms with Gasteiger partial charge in [0.1, 0.15) is 6.07 Å². The van der Waals surface area contributed by atoms with Gasteiger partial charge in [0, 0.05) is 32.8 Å². The van der Waals surface area contributed by atoms with Crippen LogP contribution in [0, 0.1) is 45.3 Å². The standard InChI is InChI=1S/C46H24N6/c47-25-29-14-16-44-40(18-29)41-19-30(26-48)15-17-45(41)52(44)46-24-39(34(27-49)21-35(46)28-50)33-20-32(31-8-2-1-3-9-31)22-36(23-33)51-42-12-6-4-10-37(42)38-11-5-7-13-43(38)51/h1-24H. The van der Waals surface area contributed by atoms with Gasteiger partial charge in [0.15, 0.2) is 0 Å². The molecule has 0 unspecified atom stereocenters. The fourth-order valence-electron chi connectivity index (χ4n) is 7.51. The molecule has 0 fully saturated rings. The molecule has 6 nitrogen and oxygen atoms in total. The first-order valence-corrected chi connectivity index (χ1v) is 16.7. The van der Waals surface area contributed by atoms with E-state index in [1.807, 2.05) is 65.2 Å². The Morgan fingerprint density at radius 1 is 0.365 bits per heavy atom. The van der Waals surface area contributed by atoms with Gasteiger partial charge in [-0.15, -0.1) is 0 Å². The van der Waals surface area contributed by atoms with Gasteiger partial charge in [-0.1, -0.05) is 66.7 Å². The maximum absolute atomic E-state index is 10.6. The SMILES string of the molecule is N#Cc1ccc2c(c1)c1cc(C#N)ccc1n2-c1cc(-c2cc(-c3ccccc3)cc(-n3c4ccccc4c4ccccc43)c2)c(C#N)cc1C#N. The minimum absolute atomic E-state index is 0.328. The molecule has 0 saturated carbocycles. The van der Waals surface area contributed by atoms with Crippen LogP contribution in [0.5, 0.6) is 0 Å². The van der Waals surface area contributed by atoms with E-state index in [2.05, 4.69) is 95.6 Å². The lowest BCUT2D eigenvalue weighted by Gasteiger charge is -2.17. The van der Waals surface area contributed by atoms with Crippen LogP contribution in [0.2, 0.25) is 0 Å². The Morgan fingerprint density at radius 3 is 1.48 bits per heavy atom. The number of fused-ring (bicyclic) bond motifs is 6. The maximum Gasteiger partial charge on any atom is 0.101 e. The Bertz CT molecular complexity index is 2990. The zero-order chi connectivity index (χ0) is 35.3. The van der Waals surface area contributed by atoms with Gasteiger partial charge in [0.2, 0.25) is 0 Å². The molecule has 238 valence electrons. The summed E-state index contributed by atoms with van der Waals surface area (Å²) in [6, 6.07) is 56.9. The van der Waals surface area contributed by atoms with Crippen molar-refractivity contribution in [3.05, 3.63) is 168 Å².